The van der Waals surface area contributed by atoms with E-state index < -0.39 is 17.8 Å². The second kappa shape index (κ2) is 12.0. The van der Waals surface area contributed by atoms with Crippen LogP contribution in [0.5, 0.6) is 11.5 Å². The molecule has 196 valence electrons. The van der Waals surface area contributed by atoms with Crippen LogP contribution < -0.4 is 19.7 Å². The number of nitrogens with zero attached hydrogens (tertiary/aromatic N) is 1. The number of imide groups is 2. The molecule has 1 fully saturated rings. The predicted octanol–water partition coefficient (Wildman–Crippen LogP) is 6.96. The van der Waals surface area contributed by atoms with Crippen molar-refractivity contribution in [1.29, 1.82) is 0 Å². The fraction of sp³-hybridized carbons (Fsp3) is 0.179. The van der Waals surface area contributed by atoms with E-state index in [-0.39, 0.29) is 12.2 Å². The number of ether oxygens (including phenoxy) is 2. The van der Waals surface area contributed by atoms with Crippen molar-refractivity contribution in [3.63, 3.8) is 0 Å². The molecule has 3 aromatic rings. The number of aryl methyl sites for hydroxylation is 1. The number of nitrogens with one attached hydrogen (secondary N) is 1. The summed E-state index contributed by atoms with van der Waals surface area (Å²) in [5, 5.41) is 3.11. The van der Waals surface area contributed by atoms with Gasteiger partial charge in [-0.05, 0) is 72.5 Å². The summed E-state index contributed by atoms with van der Waals surface area (Å²) in [6.07, 6.45) is 2.22. The first-order chi connectivity index (χ1) is 18.2. The molecule has 0 bridgehead atoms. The molecule has 3 aromatic carbocycles. The maximum Gasteiger partial charge on any atom is 0.335 e. The molecule has 10 heteroatoms. The number of rotatable bonds is 8. The largest absolute Gasteiger partial charge is 0.490 e. The Bertz CT molecular complexity index is 1440. The van der Waals surface area contributed by atoms with Crippen LogP contribution in [0.1, 0.15) is 30.5 Å². The molecule has 1 heterocycles. The van der Waals surface area contributed by atoms with Crippen molar-refractivity contribution in [3.8, 4) is 11.5 Å². The lowest BCUT2D eigenvalue weighted by Gasteiger charge is -2.26. The Balaban J connectivity index is 1.64. The van der Waals surface area contributed by atoms with Gasteiger partial charge in [0, 0.05) is 4.47 Å². The van der Waals surface area contributed by atoms with Crippen molar-refractivity contribution in [2.24, 2.45) is 0 Å². The summed E-state index contributed by atoms with van der Waals surface area (Å²) in [5.41, 5.74) is 2.52. The molecule has 1 saturated heterocycles. The second-order valence-corrected chi connectivity index (χ2v) is 9.94. The highest BCUT2D eigenvalue weighted by molar-refractivity contribution is 9.10. The number of urea groups is 1. The summed E-state index contributed by atoms with van der Waals surface area (Å²) in [6.45, 7) is 4.40. The SMILES string of the molecule is CCOc1cc(/C=C2/C(=O)NC(=O)N(c3ccc(CC)cc3)C2=O)c(Br)cc1OCc1ccc(Cl)c(Cl)c1. The maximum absolute atomic E-state index is 13.3. The van der Waals surface area contributed by atoms with E-state index in [4.69, 9.17) is 32.7 Å². The highest BCUT2D eigenvalue weighted by atomic mass is 79.9. The third kappa shape index (κ3) is 6.04. The average Bonchev–Trinajstić information content (AvgIpc) is 2.89. The predicted molar refractivity (Wildman–Crippen MR) is 151 cm³/mol. The third-order valence-corrected chi connectivity index (χ3v) is 7.17. The minimum absolute atomic E-state index is 0.197. The molecule has 7 nitrogen and oxygen atoms in total. The topological polar surface area (TPSA) is 84.9 Å². The number of hydrogen-bond donors (Lipinski definition) is 1. The molecule has 0 aliphatic carbocycles. The van der Waals surface area contributed by atoms with Gasteiger partial charge in [0.05, 0.1) is 22.3 Å². The first-order valence-corrected chi connectivity index (χ1v) is 13.3. The molecule has 1 aliphatic rings. The van der Waals surface area contributed by atoms with Crippen molar-refractivity contribution in [3.05, 3.63) is 91.4 Å². The van der Waals surface area contributed by atoms with Crippen molar-refractivity contribution in [2.75, 3.05) is 11.5 Å². The Morgan fingerprint density at radius 1 is 0.895 bits per heavy atom. The number of carbonyl (C=O) groups is 3. The van der Waals surface area contributed by atoms with E-state index in [0.717, 1.165) is 22.4 Å². The van der Waals surface area contributed by atoms with E-state index >= 15 is 0 Å². The van der Waals surface area contributed by atoms with Gasteiger partial charge in [0.15, 0.2) is 11.5 Å². The number of hydrogen-bond acceptors (Lipinski definition) is 5. The van der Waals surface area contributed by atoms with Crippen LogP contribution >= 0.6 is 39.1 Å². The molecule has 0 radical (unpaired) electrons. The molecular weight excluding hydrogens is 595 g/mol. The van der Waals surface area contributed by atoms with Crippen LogP contribution in [0.25, 0.3) is 6.08 Å². The van der Waals surface area contributed by atoms with E-state index in [1.165, 1.54) is 6.08 Å². The van der Waals surface area contributed by atoms with Gasteiger partial charge in [0.25, 0.3) is 11.8 Å². The first kappa shape index (κ1) is 27.7. The lowest BCUT2D eigenvalue weighted by Crippen LogP contribution is -2.54. The molecule has 4 rings (SSSR count). The van der Waals surface area contributed by atoms with Crippen molar-refractivity contribution in [2.45, 2.75) is 26.9 Å². The molecular formula is C28H23BrCl2N2O5. The van der Waals surface area contributed by atoms with Crippen molar-refractivity contribution >= 4 is 68.7 Å². The summed E-state index contributed by atoms with van der Waals surface area (Å²) in [5.74, 6) is -0.660. The normalized spacial score (nSPS) is 14.6. The molecule has 4 amide bonds. The monoisotopic (exact) mass is 616 g/mol. The first-order valence-electron chi connectivity index (χ1n) is 11.7. The lowest BCUT2D eigenvalue weighted by molar-refractivity contribution is -0.122. The second-order valence-electron chi connectivity index (χ2n) is 8.27. The van der Waals surface area contributed by atoms with Crippen LogP contribution in [0, 0.1) is 0 Å². The smallest absolute Gasteiger partial charge is 0.335 e. The summed E-state index contributed by atoms with van der Waals surface area (Å²) in [6, 6.07) is 14.8. The average molecular weight is 618 g/mol. The molecule has 38 heavy (non-hydrogen) atoms. The number of halogens is 3. The van der Waals surface area contributed by atoms with Gasteiger partial charge in [-0.25, -0.2) is 9.69 Å². The van der Waals surface area contributed by atoms with E-state index in [9.17, 15) is 14.4 Å². The number of carbonyl (C=O) groups excluding carboxylic acids is 3. The fourth-order valence-corrected chi connectivity index (χ4v) is 4.52. The fourth-order valence-electron chi connectivity index (χ4n) is 3.76. The van der Waals surface area contributed by atoms with E-state index in [1.807, 2.05) is 26.0 Å². The van der Waals surface area contributed by atoms with Gasteiger partial charge in [0.2, 0.25) is 0 Å². The Morgan fingerprint density at radius 2 is 1.58 bits per heavy atom. The Labute approximate surface area is 238 Å². The standard InChI is InChI=1S/C28H23BrCl2N2O5/c1-3-16-5-8-19(9-6-16)33-27(35)20(26(34)32-28(33)36)12-18-13-24(37-4-2)25(14-21(18)29)38-15-17-7-10-22(30)23(31)11-17/h5-14H,3-4,15H2,1-2H3,(H,32,34,36)/b20-12-. The van der Waals surface area contributed by atoms with Gasteiger partial charge in [-0.1, -0.05) is 64.3 Å². The number of benzene rings is 3. The van der Waals surface area contributed by atoms with Crippen molar-refractivity contribution < 1.29 is 23.9 Å². The molecule has 0 atom stereocenters. The minimum atomic E-state index is -0.804. The van der Waals surface area contributed by atoms with Gasteiger partial charge in [0.1, 0.15) is 12.2 Å². The molecule has 0 spiro atoms. The van der Waals surface area contributed by atoms with Gasteiger partial charge in [-0.2, -0.15) is 0 Å². The highest BCUT2D eigenvalue weighted by Gasteiger charge is 2.37. The van der Waals surface area contributed by atoms with E-state index in [0.29, 0.717) is 43.9 Å². The Kier molecular flexibility index (Phi) is 8.76. The quantitative estimate of drug-likeness (QED) is 0.218. The summed E-state index contributed by atoms with van der Waals surface area (Å²) < 4.78 is 12.3. The number of amides is 4. The van der Waals surface area contributed by atoms with Crippen molar-refractivity contribution in [1.82, 2.24) is 5.32 Å². The number of anilines is 1. The molecule has 0 unspecified atom stereocenters. The van der Waals surface area contributed by atoms with Crippen LogP contribution in [0.2, 0.25) is 10.0 Å². The molecule has 1 N–H and O–H groups in total. The van der Waals surface area contributed by atoms with E-state index in [2.05, 4.69) is 21.2 Å². The van der Waals surface area contributed by atoms with Crippen LogP contribution in [0.3, 0.4) is 0 Å². The van der Waals surface area contributed by atoms with E-state index in [1.54, 1.807) is 42.5 Å². The van der Waals surface area contributed by atoms with Gasteiger partial charge >= 0.3 is 6.03 Å². The summed E-state index contributed by atoms with van der Waals surface area (Å²) in [7, 11) is 0. The molecule has 0 saturated carbocycles. The van der Waals surface area contributed by atoms with Gasteiger partial charge < -0.3 is 9.47 Å². The zero-order valence-corrected chi connectivity index (χ0v) is 23.6. The highest BCUT2D eigenvalue weighted by Crippen LogP contribution is 2.36. The van der Waals surface area contributed by atoms with Crippen LogP contribution in [-0.4, -0.2) is 24.5 Å². The number of barbiturate groups is 1. The maximum atomic E-state index is 13.3. The zero-order chi connectivity index (χ0) is 27.4. The third-order valence-electron chi connectivity index (χ3n) is 5.75. The zero-order valence-electron chi connectivity index (χ0n) is 20.5. The summed E-state index contributed by atoms with van der Waals surface area (Å²) >= 11 is 15.6. The molecule has 0 aromatic heterocycles. The van der Waals surface area contributed by atoms with Crippen LogP contribution in [0.4, 0.5) is 10.5 Å². The van der Waals surface area contributed by atoms with Crippen LogP contribution in [-0.2, 0) is 22.6 Å². The Hall–Kier alpha value is -3.33. The summed E-state index contributed by atoms with van der Waals surface area (Å²) in [4.78, 5) is 39.4. The molecule has 1 aliphatic heterocycles. The lowest BCUT2D eigenvalue weighted by atomic mass is 10.1. The Morgan fingerprint density at radius 3 is 2.24 bits per heavy atom. The van der Waals surface area contributed by atoms with Gasteiger partial charge in [-0.15, -0.1) is 0 Å². The minimum Gasteiger partial charge on any atom is -0.490 e. The van der Waals surface area contributed by atoms with Gasteiger partial charge in [-0.3, -0.25) is 14.9 Å². The van der Waals surface area contributed by atoms with Crippen LogP contribution in [0.15, 0.2) is 64.6 Å².